The van der Waals surface area contributed by atoms with Crippen LogP contribution >= 0.6 is 11.3 Å². The minimum Gasteiger partial charge on any atom is -0.493 e. The highest BCUT2D eigenvalue weighted by molar-refractivity contribution is 7.16. The van der Waals surface area contributed by atoms with E-state index in [0.717, 1.165) is 21.4 Å². The van der Waals surface area contributed by atoms with Gasteiger partial charge in [-0.3, -0.25) is 4.79 Å². The molecule has 0 saturated heterocycles. The molecule has 0 unspecified atom stereocenters. The van der Waals surface area contributed by atoms with Crippen LogP contribution in [-0.2, 0) is 7.05 Å². The van der Waals surface area contributed by atoms with Gasteiger partial charge in [0.25, 0.3) is 0 Å². The van der Waals surface area contributed by atoms with E-state index < -0.39 is 5.91 Å². The van der Waals surface area contributed by atoms with Gasteiger partial charge in [-0.1, -0.05) is 29.5 Å². The van der Waals surface area contributed by atoms with Crippen molar-refractivity contribution in [3.63, 3.8) is 0 Å². The highest BCUT2D eigenvalue weighted by Gasteiger charge is 2.15. The van der Waals surface area contributed by atoms with Gasteiger partial charge in [0.2, 0.25) is 0 Å². The van der Waals surface area contributed by atoms with Gasteiger partial charge in [-0.2, -0.15) is 4.99 Å². The molecule has 0 radical (unpaired) electrons. The van der Waals surface area contributed by atoms with Crippen LogP contribution in [0.1, 0.15) is 17.5 Å². The van der Waals surface area contributed by atoms with E-state index in [2.05, 4.69) is 4.99 Å². The number of thiazole rings is 1. The molecule has 1 amide bonds. The van der Waals surface area contributed by atoms with Gasteiger partial charge in [-0.05, 0) is 31.2 Å². The van der Waals surface area contributed by atoms with Crippen LogP contribution in [0.15, 0.2) is 51.9 Å². The molecule has 2 aromatic carbocycles. The first-order chi connectivity index (χ1) is 13.1. The molecule has 2 heterocycles. The van der Waals surface area contributed by atoms with Crippen LogP contribution < -0.4 is 14.3 Å². The number of rotatable bonds is 4. The molecule has 4 aromatic rings. The number of hydrogen-bond donors (Lipinski definition) is 0. The van der Waals surface area contributed by atoms with E-state index >= 15 is 0 Å². The number of carbonyl (C=O) groups is 1. The Balaban J connectivity index is 1.81. The zero-order valence-electron chi connectivity index (χ0n) is 15.2. The first-order valence-electron chi connectivity index (χ1n) is 8.49. The summed E-state index contributed by atoms with van der Waals surface area (Å²) in [6, 6.07) is 13.0. The summed E-state index contributed by atoms with van der Waals surface area (Å²) in [5.74, 6) is 1.10. The molecule has 0 spiro atoms. The van der Waals surface area contributed by atoms with Gasteiger partial charge in [0.1, 0.15) is 11.3 Å². The number of aromatic nitrogens is 1. The number of carbonyl (C=O) groups excluding carboxylic acids is 1. The minimum atomic E-state index is -0.437. The normalized spacial score (nSPS) is 12.0. The summed E-state index contributed by atoms with van der Waals surface area (Å²) in [6.07, 6.45) is 0. The number of aryl methyl sites for hydroxylation is 1. The summed E-state index contributed by atoms with van der Waals surface area (Å²) >= 11 is 1.43. The van der Waals surface area contributed by atoms with Crippen molar-refractivity contribution in [2.75, 3.05) is 13.7 Å². The van der Waals surface area contributed by atoms with Crippen LogP contribution in [0.2, 0.25) is 0 Å². The fraction of sp³-hybridized carbons (Fsp3) is 0.200. The Labute approximate surface area is 159 Å². The molecular weight excluding hydrogens is 364 g/mol. The van der Waals surface area contributed by atoms with Gasteiger partial charge in [-0.15, -0.1) is 0 Å². The Morgan fingerprint density at radius 2 is 2.00 bits per heavy atom. The number of nitrogens with zero attached hydrogens (tertiary/aromatic N) is 2. The highest BCUT2D eigenvalue weighted by atomic mass is 32.1. The maximum atomic E-state index is 12.7. The Bertz CT molecular complexity index is 1220. The van der Waals surface area contributed by atoms with E-state index in [4.69, 9.17) is 13.9 Å². The van der Waals surface area contributed by atoms with Gasteiger partial charge in [0, 0.05) is 12.4 Å². The summed E-state index contributed by atoms with van der Waals surface area (Å²) in [5.41, 5.74) is 1.46. The zero-order valence-corrected chi connectivity index (χ0v) is 16.0. The average molecular weight is 382 g/mol. The number of furan rings is 1. The van der Waals surface area contributed by atoms with Gasteiger partial charge < -0.3 is 18.5 Å². The number of amides is 1. The molecule has 0 aliphatic heterocycles. The molecule has 7 heteroatoms. The molecule has 6 nitrogen and oxygen atoms in total. The van der Waals surface area contributed by atoms with E-state index in [-0.39, 0.29) is 5.76 Å². The lowest BCUT2D eigenvalue weighted by molar-refractivity contribution is 0.0973. The lowest BCUT2D eigenvalue weighted by atomic mass is 10.2. The van der Waals surface area contributed by atoms with Crippen molar-refractivity contribution in [1.82, 2.24) is 4.57 Å². The number of ether oxygens (including phenoxy) is 2. The second-order valence-corrected chi connectivity index (χ2v) is 6.89. The third-order valence-corrected chi connectivity index (χ3v) is 5.32. The maximum absolute atomic E-state index is 12.7. The summed E-state index contributed by atoms with van der Waals surface area (Å²) < 4.78 is 19.5. The molecule has 2 aromatic heterocycles. The Morgan fingerprint density at radius 1 is 1.22 bits per heavy atom. The van der Waals surface area contributed by atoms with Crippen molar-refractivity contribution in [2.45, 2.75) is 6.92 Å². The van der Waals surface area contributed by atoms with Gasteiger partial charge >= 0.3 is 5.91 Å². The summed E-state index contributed by atoms with van der Waals surface area (Å²) in [7, 11) is 3.44. The van der Waals surface area contributed by atoms with E-state index in [9.17, 15) is 4.79 Å². The Morgan fingerprint density at radius 3 is 2.78 bits per heavy atom. The van der Waals surface area contributed by atoms with Crippen molar-refractivity contribution < 1.29 is 18.7 Å². The molecule has 0 atom stereocenters. The molecule has 0 N–H and O–H groups in total. The third-order valence-electron chi connectivity index (χ3n) is 4.22. The van der Waals surface area contributed by atoms with Gasteiger partial charge in [0.15, 0.2) is 21.9 Å². The smallest absolute Gasteiger partial charge is 0.315 e. The predicted molar refractivity (Wildman–Crippen MR) is 105 cm³/mol. The first kappa shape index (κ1) is 17.4. The van der Waals surface area contributed by atoms with Gasteiger partial charge in [-0.25, -0.2) is 0 Å². The second-order valence-electron chi connectivity index (χ2n) is 5.89. The largest absolute Gasteiger partial charge is 0.493 e. The number of para-hydroxylation sites is 2. The Kier molecular flexibility index (Phi) is 4.45. The molecule has 0 aliphatic carbocycles. The Hall–Kier alpha value is -3.06. The zero-order chi connectivity index (χ0) is 19.0. The molecule has 138 valence electrons. The van der Waals surface area contributed by atoms with Crippen LogP contribution in [-0.4, -0.2) is 24.2 Å². The average Bonchev–Trinajstić information content (AvgIpc) is 3.24. The SMILES string of the molecule is CCOc1cccc2sc(=NC(=O)c3cc4cccc(OC)c4o3)n(C)c12. The van der Waals surface area contributed by atoms with E-state index in [1.165, 1.54) is 11.3 Å². The monoisotopic (exact) mass is 382 g/mol. The van der Waals surface area contributed by atoms with Crippen LogP contribution in [0.5, 0.6) is 11.5 Å². The molecule has 27 heavy (non-hydrogen) atoms. The number of methoxy groups -OCH3 is 1. The highest BCUT2D eigenvalue weighted by Crippen LogP contribution is 2.29. The minimum absolute atomic E-state index is 0.178. The number of fused-ring (bicyclic) bond motifs is 2. The lowest BCUT2D eigenvalue weighted by Crippen LogP contribution is -2.13. The van der Waals surface area contributed by atoms with E-state index in [0.29, 0.717) is 22.7 Å². The molecule has 0 aliphatic rings. The summed E-state index contributed by atoms with van der Waals surface area (Å²) in [4.78, 5) is 17.5. The van der Waals surface area contributed by atoms with Crippen molar-refractivity contribution in [3.8, 4) is 11.5 Å². The maximum Gasteiger partial charge on any atom is 0.315 e. The lowest BCUT2D eigenvalue weighted by Gasteiger charge is -2.05. The quantitative estimate of drug-likeness (QED) is 0.532. The van der Waals surface area contributed by atoms with Crippen molar-refractivity contribution in [1.29, 1.82) is 0 Å². The number of hydrogen-bond acceptors (Lipinski definition) is 5. The van der Waals surface area contributed by atoms with Gasteiger partial charge in [0.05, 0.1) is 18.4 Å². The van der Waals surface area contributed by atoms with Crippen molar-refractivity contribution in [2.24, 2.45) is 12.0 Å². The van der Waals surface area contributed by atoms with E-state index in [1.54, 1.807) is 19.2 Å². The topological polar surface area (TPSA) is 66.0 Å². The van der Waals surface area contributed by atoms with E-state index in [1.807, 2.05) is 48.9 Å². The summed E-state index contributed by atoms with van der Waals surface area (Å²) in [5, 5.41) is 0.798. The predicted octanol–water partition coefficient (Wildman–Crippen LogP) is 4.13. The van der Waals surface area contributed by atoms with Crippen molar-refractivity contribution in [3.05, 3.63) is 53.0 Å². The third kappa shape index (κ3) is 3.00. The molecular formula is C20H18N2O4S. The van der Waals surface area contributed by atoms with Crippen LogP contribution in [0.25, 0.3) is 21.2 Å². The molecule has 0 saturated carbocycles. The number of benzene rings is 2. The fourth-order valence-corrected chi connectivity index (χ4v) is 4.03. The fourth-order valence-electron chi connectivity index (χ4n) is 2.99. The molecule has 0 fully saturated rings. The second kappa shape index (κ2) is 6.92. The molecule has 0 bridgehead atoms. The van der Waals surface area contributed by atoms with Crippen LogP contribution in [0.4, 0.5) is 0 Å². The van der Waals surface area contributed by atoms with Crippen LogP contribution in [0, 0.1) is 0 Å². The molecule has 4 rings (SSSR count). The van der Waals surface area contributed by atoms with Crippen molar-refractivity contribution >= 4 is 38.4 Å². The first-order valence-corrected chi connectivity index (χ1v) is 9.31. The standard InChI is InChI=1S/C20H18N2O4S/c1-4-25-13-8-6-10-16-17(13)22(2)20(27-16)21-19(23)15-11-12-7-5-9-14(24-3)18(12)26-15/h5-11H,4H2,1-3H3. The summed E-state index contributed by atoms with van der Waals surface area (Å²) in [6.45, 7) is 2.51. The van der Waals surface area contributed by atoms with Crippen LogP contribution in [0.3, 0.4) is 0 Å².